The number of aliphatic hydroxyl groups is 1. The number of hydrogen-bond acceptors (Lipinski definition) is 2. The molecule has 3 heteroatoms. The van der Waals surface area contributed by atoms with Crippen LogP contribution in [0.4, 0.5) is 4.39 Å². The first-order valence-corrected chi connectivity index (χ1v) is 4.79. The topological polar surface area (TPSA) is 23.5 Å². The summed E-state index contributed by atoms with van der Waals surface area (Å²) in [6.07, 6.45) is 0.736. The van der Waals surface area contributed by atoms with Gasteiger partial charge in [0.15, 0.2) is 0 Å². The zero-order chi connectivity index (χ0) is 10.1. The van der Waals surface area contributed by atoms with Gasteiger partial charge >= 0.3 is 0 Å². The maximum absolute atomic E-state index is 12.9. The average molecular weight is 195 g/mol. The molecule has 0 saturated heterocycles. The molecule has 0 aromatic heterocycles. The standard InChI is InChI=1S/C11H14FNO/c1-13-6-8-2-3-10(12)4-9(8)5-11(13)7-14/h2-4,11,14H,5-7H2,1H3. The van der Waals surface area contributed by atoms with E-state index in [9.17, 15) is 4.39 Å². The van der Waals surface area contributed by atoms with Gasteiger partial charge in [0.25, 0.3) is 0 Å². The SMILES string of the molecule is CN1Cc2ccc(F)cc2CC1CO. The third-order valence-corrected chi connectivity index (χ3v) is 2.88. The molecule has 2 nitrogen and oxygen atoms in total. The van der Waals surface area contributed by atoms with Crippen molar-refractivity contribution in [3.8, 4) is 0 Å². The van der Waals surface area contributed by atoms with Gasteiger partial charge < -0.3 is 5.11 Å². The van der Waals surface area contributed by atoms with Crippen LogP contribution >= 0.6 is 0 Å². The zero-order valence-electron chi connectivity index (χ0n) is 8.20. The minimum Gasteiger partial charge on any atom is -0.395 e. The highest BCUT2D eigenvalue weighted by Gasteiger charge is 2.22. The van der Waals surface area contributed by atoms with Crippen molar-refractivity contribution >= 4 is 0 Å². The third kappa shape index (κ3) is 1.65. The first-order chi connectivity index (χ1) is 6.70. The fraction of sp³-hybridized carbons (Fsp3) is 0.455. The molecule has 1 heterocycles. The Balaban J connectivity index is 2.31. The molecule has 76 valence electrons. The second-order valence-corrected chi connectivity index (χ2v) is 3.87. The molecule has 0 saturated carbocycles. The first kappa shape index (κ1) is 9.62. The van der Waals surface area contributed by atoms with E-state index in [1.807, 2.05) is 13.1 Å². The Morgan fingerprint density at radius 3 is 3.00 bits per heavy atom. The highest BCUT2D eigenvalue weighted by molar-refractivity contribution is 5.30. The van der Waals surface area contributed by atoms with Crippen LogP contribution in [0.2, 0.25) is 0 Å². The second-order valence-electron chi connectivity index (χ2n) is 3.87. The molecule has 1 aliphatic heterocycles. The number of rotatable bonds is 1. The van der Waals surface area contributed by atoms with E-state index in [0.29, 0.717) is 0 Å². The van der Waals surface area contributed by atoms with E-state index in [1.54, 1.807) is 6.07 Å². The number of hydrogen-bond donors (Lipinski definition) is 1. The highest BCUT2D eigenvalue weighted by Crippen LogP contribution is 2.22. The molecule has 0 amide bonds. The Morgan fingerprint density at radius 1 is 1.50 bits per heavy atom. The van der Waals surface area contributed by atoms with Gasteiger partial charge in [0.05, 0.1) is 6.61 Å². The van der Waals surface area contributed by atoms with Crippen LogP contribution in [0.5, 0.6) is 0 Å². The lowest BCUT2D eigenvalue weighted by Gasteiger charge is -2.32. The summed E-state index contributed by atoms with van der Waals surface area (Å²) in [7, 11) is 1.98. The molecule has 0 aliphatic carbocycles. The quantitative estimate of drug-likeness (QED) is 0.727. The van der Waals surface area contributed by atoms with Crippen molar-refractivity contribution in [3.63, 3.8) is 0 Å². The van der Waals surface area contributed by atoms with Crippen molar-refractivity contribution in [2.24, 2.45) is 0 Å². The summed E-state index contributed by atoms with van der Waals surface area (Å²) in [5, 5.41) is 9.12. The van der Waals surface area contributed by atoms with E-state index in [0.717, 1.165) is 18.5 Å². The number of nitrogens with zero attached hydrogens (tertiary/aromatic N) is 1. The van der Waals surface area contributed by atoms with E-state index in [2.05, 4.69) is 4.90 Å². The number of aliphatic hydroxyl groups excluding tert-OH is 1. The summed E-state index contributed by atoms with van der Waals surface area (Å²) in [5.41, 5.74) is 2.20. The van der Waals surface area contributed by atoms with Gasteiger partial charge in [-0.05, 0) is 36.7 Å². The van der Waals surface area contributed by atoms with Crippen molar-refractivity contribution in [1.29, 1.82) is 0 Å². The Hall–Kier alpha value is -0.930. The molecule has 2 rings (SSSR count). The summed E-state index contributed by atoms with van der Waals surface area (Å²) in [4.78, 5) is 2.10. The number of halogens is 1. The van der Waals surface area contributed by atoms with Crippen LogP contribution in [-0.2, 0) is 13.0 Å². The van der Waals surface area contributed by atoms with Crippen LogP contribution in [0.25, 0.3) is 0 Å². The van der Waals surface area contributed by atoms with E-state index < -0.39 is 0 Å². The zero-order valence-corrected chi connectivity index (χ0v) is 8.20. The predicted molar refractivity (Wildman–Crippen MR) is 52.4 cm³/mol. The molecular formula is C11H14FNO. The Kier molecular flexibility index (Phi) is 2.52. The van der Waals surface area contributed by atoms with E-state index in [-0.39, 0.29) is 18.5 Å². The van der Waals surface area contributed by atoms with E-state index >= 15 is 0 Å². The Labute approximate surface area is 83.0 Å². The average Bonchev–Trinajstić information content (AvgIpc) is 2.17. The minimum atomic E-state index is -0.190. The maximum Gasteiger partial charge on any atom is 0.123 e. The molecule has 14 heavy (non-hydrogen) atoms. The van der Waals surface area contributed by atoms with Crippen LogP contribution in [0.3, 0.4) is 0 Å². The van der Waals surface area contributed by atoms with Gasteiger partial charge in [0.2, 0.25) is 0 Å². The summed E-state index contributed by atoms with van der Waals surface area (Å²) >= 11 is 0. The maximum atomic E-state index is 12.9. The van der Waals surface area contributed by atoms with Gasteiger partial charge in [-0.15, -0.1) is 0 Å². The van der Waals surface area contributed by atoms with Crippen LogP contribution in [0.15, 0.2) is 18.2 Å². The van der Waals surface area contributed by atoms with Gasteiger partial charge in [0, 0.05) is 12.6 Å². The van der Waals surface area contributed by atoms with Crippen LogP contribution in [0.1, 0.15) is 11.1 Å². The molecule has 1 aliphatic rings. The minimum absolute atomic E-state index is 0.129. The van der Waals surface area contributed by atoms with Gasteiger partial charge in [-0.25, -0.2) is 4.39 Å². The van der Waals surface area contributed by atoms with Crippen LogP contribution in [-0.4, -0.2) is 29.7 Å². The van der Waals surface area contributed by atoms with Crippen molar-refractivity contribution < 1.29 is 9.50 Å². The van der Waals surface area contributed by atoms with Crippen LogP contribution < -0.4 is 0 Å². The summed E-state index contributed by atoms with van der Waals surface area (Å²) in [5.74, 6) is -0.190. The number of fused-ring (bicyclic) bond motifs is 1. The summed E-state index contributed by atoms with van der Waals surface area (Å²) in [6.45, 7) is 0.924. The fourth-order valence-electron chi connectivity index (χ4n) is 1.95. The molecule has 1 atom stereocenters. The van der Waals surface area contributed by atoms with Gasteiger partial charge in [-0.1, -0.05) is 6.07 Å². The molecule has 0 fully saturated rings. The fourth-order valence-corrected chi connectivity index (χ4v) is 1.95. The Bertz CT molecular complexity index is 340. The predicted octanol–water partition coefficient (Wildman–Crippen LogP) is 1.17. The lowest BCUT2D eigenvalue weighted by Crippen LogP contribution is -2.39. The summed E-state index contributed by atoms with van der Waals surface area (Å²) in [6, 6.07) is 5.02. The molecule has 0 radical (unpaired) electrons. The van der Waals surface area contributed by atoms with E-state index in [1.165, 1.54) is 11.6 Å². The van der Waals surface area contributed by atoms with Crippen LogP contribution in [0, 0.1) is 5.82 Å². The van der Waals surface area contributed by atoms with Gasteiger partial charge in [0.1, 0.15) is 5.82 Å². The van der Waals surface area contributed by atoms with Gasteiger partial charge in [-0.2, -0.15) is 0 Å². The smallest absolute Gasteiger partial charge is 0.123 e. The third-order valence-electron chi connectivity index (χ3n) is 2.88. The second kappa shape index (κ2) is 3.67. The monoisotopic (exact) mass is 195 g/mol. The molecule has 1 N–H and O–H groups in total. The normalized spacial score (nSPS) is 22.1. The van der Waals surface area contributed by atoms with Crippen molar-refractivity contribution in [2.45, 2.75) is 19.0 Å². The molecule has 1 aromatic rings. The molecule has 1 aromatic carbocycles. The van der Waals surface area contributed by atoms with Crippen molar-refractivity contribution in [3.05, 3.63) is 35.1 Å². The number of benzene rings is 1. The Morgan fingerprint density at radius 2 is 2.29 bits per heavy atom. The summed E-state index contributed by atoms with van der Waals surface area (Å²) < 4.78 is 12.9. The number of likely N-dealkylation sites (N-methyl/N-ethyl adjacent to an activating group) is 1. The van der Waals surface area contributed by atoms with Gasteiger partial charge in [-0.3, -0.25) is 4.90 Å². The van der Waals surface area contributed by atoms with E-state index in [4.69, 9.17) is 5.11 Å². The highest BCUT2D eigenvalue weighted by atomic mass is 19.1. The molecule has 1 unspecified atom stereocenters. The molecule has 0 bridgehead atoms. The largest absolute Gasteiger partial charge is 0.395 e. The van der Waals surface area contributed by atoms with Crippen molar-refractivity contribution in [2.75, 3.05) is 13.7 Å². The van der Waals surface area contributed by atoms with Crippen molar-refractivity contribution in [1.82, 2.24) is 4.90 Å². The molecular weight excluding hydrogens is 181 g/mol. The first-order valence-electron chi connectivity index (χ1n) is 4.79. The lowest BCUT2D eigenvalue weighted by molar-refractivity contribution is 0.131. The molecule has 0 spiro atoms. The lowest BCUT2D eigenvalue weighted by atomic mass is 9.95.